The lowest BCUT2D eigenvalue weighted by Crippen LogP contribution is -2.31. The number of nitrogens with zero attached hydrogens (tertiary/aromatic N) is 1. The van der Waals surface area contributed by atoms with E-state index in [2.05, 4.69) is 17.2 Å². The van der Waals surface area contributed by atoms with Gasteiger partial charge in [-0.05, 0) is 18.6 Å². The minimum atomic E-state index is -0.597. The molecule has 27 heavy (non-hydrogen) atoms. The lowest BCUT2D eigenvalue weighted by molar-refractivity contribution is -0.142. The van der Waals surface area contributed by atoms with E-state index in [-0.39, 0.29) is 18.0 Å². The highest BCUT2D eigenvalue weighted by Crippen LogP contribution is 2.12. The summed E-state index contributed by atoms with van der Waals surface area (Å²) in [5.41, 5.74) is -0.101. The molecule has 1 aromatic rings. The number of unbranched alkanes of at least 4 members (excludes halogenated alkanes) is 10. The van der Waals surface area contributed by atoms with E-state index in [9.17, 15) is 14.7 Å². The normalized spacial score (nSPS) is 10.6. The van der Waals surface area contributed by atoms with Crippen LogP contribution in [0.2, 0.25) is 0 Å². The molecule has 6 heteroatoms. The fraction of sp³-hybridized carbons (Fsp3) is 0.667. The zero-order chi connectivity index (χ0) is 19.7. The number of aromatic nitrogens is 1. The van der Waals surface area contributed by atoms with Crippen molar-refractivity contribution in [1.82, 2.24) is 10.3 Å². The van der Waals surface area contributed by atoms with E-state index in [0.717, 1.165) is 12.8 Å². The molecule has 0 atom stereocenters. The van der Waals surface area contributed by atoms with Crippen molar-refractivity contribution in [2.75, 3.05) is 13.2 Å². The third kappa shape index (κ3) is 11.3. The molecule has 0 bridgehead atoms. The number of ether oxygens (including phenoxy) is 1. The maximum Gasteiger partial charge on any atom is 0.325 e. The van der Waals surface area contributed by atoms with Gasteiger partial charge in [0.15, 0.2) is 5.69 Å². The standard InChI is InChI=1S/C21H34N2O4/c1-2-3-4-5-6-7-8-9-10-11-12-16-27-19(25)17-23-21(26)20-18(24)14-13-15-22-20/h13-15,24H,2-12,16-17H2,1H3,(H,23,26). The number of esters is 1. The van der Waals surface area contributed by atoms with E-state index in [4.69, 9.17) is 4.74 Å². The number of amides is 1. The van der Waals surface area contributed by atoms with Gasteiger partial charge in [0.25, 0.3) is 5.91 Å². The van der Waals surface area contributed by atoms with Gasteiger partial charge >= 0.3 is 5.97 Å². The summed E-state index contributed by atoms with van der Waals surface area (Å²) in [5.74, 6) is -1.30. The average Bonchev–Trinajstić information content (AvgIpc) is 2.67. The van der Waals surface area contributed by atoms with Crippen LogP contribution in [0.15, 0.2) is 18.3 Å². The van der Waals surface area contributed by atoms with Gasteiger partial charge in [0.2, 0.25) is 0 Å². The topological polar surface area (TPSA) is 88.5 Å². The average molecular weight is 379 g/mol. The summed E-state index contributed by atoms with van der Waals surface area (Å²) in [7, 11) is 0. The molecule has 6 nitrogen and oxygen atoms in total. The van der Waals surface area contributed by atoms with E-state index in [1.54, 1.807) is 0 Å². The van der Waals surface area contributed by atoms with Crippen LogP contribution in [0.1, 0.15) is 88.0 Å². The van der Waals surface area contributed by atoms with Gasteiger partial charge in [-0.2, -0.15) is 0 Å². The van der Waals surface area contributed by atoms with E-state index in [0.29, 0.717) is 6.61 Å². The first-order chi connectivity index (χ1) is 13.1. The molecule has 0 fully saturated rings. The molecule has 0 unspecified atom stereocenters. The number of rotatable bonds is 15. The second-order valence-electron chi connectivity index (χ2n) is 6.81. The molecule has 0 aliphatic rings. The van der Waals surface area contributed by atoms with E-state index >= 15 is 0 Å². The van der Waals surface area contributed by atoms with Crippen molar-refractivity contribution in [3.05, 3.63) is 24.0 Å². The summed E-state index contributed by atoms with van der Waals surface area (Å²) in [6, 6.07) is 2.89. The highest BCUT2D eigenvalue weighted by Gasteiger charge is 2.13. The van der Waals surface area contributed by atoms with Gasteiger partial charge in [0.05, 0.1) is 6.61 Å². The Bertz CT molecular complexity index is 549. The Morgan fingerprint density at radius 3 is 2.19 bits per heavy atom. The Hall–Kier alpha value is -2.11. The molecule has 1 rings (SSSR count). The van der Waals surface area contributed by atoms with E-state index in [1.807, 2.05) is 0 Å². The Balaban J connectivity index is 1.94. The largest absolute Gasteiger partial charge is 0.505 e. The summed E-state index contributed by atoms with van der Waals surface area (Å²) < 4.78 is 5.10. The zero-order valence-corrected chi connectivity index (χ0v) is 16.5. The number of carbonyl (C=O) groups is 2. The van der Waals surface area contributed by atoms with Gasteiger partial charge < -0.3 is 15.2 Å². The molecule has 0 aromatic carbocycles. The number of carbonyl (C=O) groups excluding carboxylic acids is 2. The lowest BCUT2D eigenvalue weighted by Gasteiger charge is -2.07. The fourth-order valence-electron chi connectivity index (χ4n) is 2.81. The number of hydrogen-bond donors (Lipinski definition) is 2. The number of aromatic hydroxyl groups is 1. The monoisotopic (exact) mass is 378 g/mol. The van der Waals surface area contributed by atoms with Crippen LogP contribution in [0.5, 0.6) is 5.75 Å². The van der Waals surface area contributed by atoms with Gasteiger partial charge in [-0.15, -0.1) is 0 Å². The van der Waals surface area contributed by atoms with Gasteiger partial charge in [-0.25, -0.2) is 4.98 Å². The quantitative estimate of drug-likeness (QED) is 0.349. The number of hydrogen-bond acceptors (Lipinski definition) is 5. The van der Waals surface area contributed by atoms with E-state index in [1.165, 1.54) is 76.1 Å². The molecule has 0 aliphatic heterocycles. The van der Waals surface area contributed by atoms with Crippen molar-refractivity contribution >= 4 is 11.9 Å². The molecule has 1 heterocycles. The Morgan fingerprint density at radius 1 is 1.00 bits per heavy atom. The van der Waals surface area contributed by atoms with Crippen LogP contribution in [-0.4, -0.2) is 35.1 Å². The summed E-state index contributed by atoms with van der Waals surface area (Å²) in [6.07, 6.45) is 15.0. The van der Waals surface area contributed by atoms with Crippen molar-refractivity contribution < 1.29 is 19.4 Å². The molecular formula is C21H34N2O4. The molecular weight excluding hydrogens is 344 g/mol. The summed E-state index contributed by atoms with van der Waals surface area (Å²) >= 11 is 0. The predicted octanol–water partition coefficient (Wildman–Crippen LogP) is 4.37. The van der Waals surface area contributed by atoms with Gasteiger partial charge in [-0.1, -0.05) is 71.1 Å². The Morgan fingerprint density at radius 2 is 1.59 bits per heavy atom. The van der Waals surface area contributed by atoms with Crippen LogP contribution in [0.3, 0.4) is 0 Å². The summed E-state index contributed by atoms with van der Waals surface area (Å²) in [5, 5.41) is 11.9. The maximum absolute atomic E-state index is 11.8. The highest BCUT2D eigenvalue weighted by molar-refractivity contribution is 5.96. The SMILES string of the molecule is CCCCCCCCCCCCCOC(=O)CNC(=O)c1ncccc1O. The molecule has 0 saturated heterocycles. The molecule has 0 aliphatic carbocycles. The van der Waals surface area contributed by atoms with Crippen LogP contribution < -0.4 is 5.32 Å². The Kier molecular flexibility index (Phi) is 12.7. The van der Waals surface area contributed by atoms with Gasteiger partial charge in [0, 0.05) is 6.20 Å². The van der Waals surface area contributed by atoms with Crippen LogP contribution in [0.25, 0.3) is 0 Å². The highest BCUT2D eigenvalue weighted by atomic mass is 16.5. The van der Waals surface area contributed by atoms with Gasteiger partial charge in [0.1, 0.15) is 12.3 Å². The first-order valence-electron chi connectivity index (χ1n) is 10.2. The third-order valence-corrected chi connectivity index (χ3v) is 4.41. The number of nitrogens with one attached hydrogen (secondary N) is 1. The van der Waals surface area contributed by atoms with Crippen molar-refractivity contribution in [2.24, 2.45) is 0 Å². The second-order valence-corrected chi connectivity index (χ2v) is 6.81. The Labute approximate surface area is 162 Å². The van der Waals surface area contributed by atoms with Crippen molar-refractivity contribution in [2.45, 2.75) is 77.6 Å². The predicted molar refractivity (Wildman–Crippen MR) is 106 cm³/mol. The molecule has 0 radical (unpaired) electrons. The molecule has 2 N–H and O–H groups in total. The summed E-state index contributed by atoms with van der Waals surface area (Å²) in [4.78, 5) is 27.2. The summed E-state index contributed by atoms with van der Waals surface area (Å²) in [6.45, 7) is 2.38. The third-order valence-electron chi connectivity index (χ3n) is 4.41. The molecule has 0 spiro atoms. The molecule has 1 aromatic heterocycles. The maximum atomic E-state index is 11.8. The molecule has 1 amide bonds. The lowest BCUT2D eigenvalue weighted by atomic mass is 10.1. The van der Waals surface area contributed by atoms with Crippen LogP contribution in [-0.2, 0) is 9.53 Å². The fourth-order valence-corrected chi connectivity index (χ4v) is 2.81. The zero-order valence-electron chi connectivity index (χ0n) is 16.5. The first-order valence-corrected chi connectivity index (χ1v) is 10.2. The van der Waals surface area contributed by atoms with Crippen LogP contribution in [0.4, 0.5) is 0 Å². The van der Waals surface area contributed by atoms with Crippen LogP contribution >= 0.6 is 0 Å². The van der Waals surface area contributed by atoms with Gasteiger partial charge in [-0.3, -0.25) is 9.59 Å². The van der Waals surface area contributed by atoms with Crippen molar-refractivity contribution in [3.8, 4) is 5.75 Å². The minimum absolute atomic E-state index is 0.101. The molecule has 152 valence electrons. The smallest absolute Gasteiger partial charge is 0.325 e. The van der Waals surface area contributed by atoms with E-state index < -0.39 is 11.9 Å². The second kappa shape index (κ2) is 15.0. The molecule has 0 saturated carbocycles. The first kappa shape index (κ1) is 22.9. The van der Waals surface area contributed by atoms with Crippen molar-refractivity contribution in [3.63, 3.8) is 0 Å². The number of pyridine rings is 1. The minimum Gasteiger partial charge on any atom is -0.505 e. The van der Waals surface area contributed by atoms with Crippen molar-refractivity contribution in [1.29, 1.82) is 0 Å². The van der Waals surface area contributed by atoms with Crippen LogP contribution in [0, 0.1) is 0 Å².